The molecular weight excluding hydrogens is 296 g/mol. The Kier molecular flexibility index (Phi) is 5.94. The predicted octanol–water partition coefficient (Wildman–Crippen LogP) is 4.22. The second-order valence-corrected chi connectivity index (χ2v) is 7.84. The van der Waals surface area contributed by atoms with Crippen LogP contribution in [0.4, 0.5) is 5.69 Å². The van der Waals surface area contributed by atoms with Gasteiger partial charge < -0.3 is 10.6 Å². The van der Waals surface area contributed by atoms with E-state index in [0.29, 0.717) is 12.3 Å². The first-order valence-corrected chi connectivity index (χ1v) is 9.81. The Balaban J connectivity index is 1.63. The molecule has 1 amide bonds. The number of amides is 1. The zero-order valence-corrected chi connectivity index (χ0v) is 15.1. The van der Waals surface area contributed by atoms with E-state index in [9.17, 15) is 4.79 Å². The van der Waals surface area contributed by atoms with Crippen LogP contribution in [0.1, 0.15) is 69.4 Å². The second-order valence-electron chi connectivity index (χ2n) is 7.84. The van der Waals surface area contributed by atoms with E-state index in [2.05, 4.69) is 18.2 Å². The molecule has 1 aliphatic heterocycles. The topological polar surface area (TPSA) is 46.3 Å². The minimum absolute atomic E-state index is 0.180. The number of aryl methyl sites for hydroxylation is 1. The van der Waals surface area contributed by atoms with Gasteiger partial charge in [-0.2, -0.15) is 0 Å². The molecule has 0 spiro atoms. The highest BCUT2D eigenvalue weighted by Crippen LogP contribution is 2.31. The van der Waals surface area contributed by atoms with E-state index in [0.717, 1.165) is 43.8 Å². The molecule has 3 rings (SSSR count). The maximum absolute atomic E-state index is 12.8. The average molecular weight is 329 g/mol. The molecule has 24 heavy (non-hydrogen) atoms. The largest absolute Gasteiger partial charge is 0.328 e. The Labute approximate surface area is 146 Å². The van der Waals surface area contributed by atoms with Crippen molar-refractivity contribution in [1.82, 2.24) is 0 Å². The van der Waals surface area contributed by atoms with Crippen LogP contribution in [-0.2, 0) is 17.6 Å². The minimum Gasteiger partial charge on any atom is -0.328 e. The second kappa shape index (κ2) is 8.15. The Morgan fingerprint density at radius 2 is 2.04 bits per heavy atom. The summed E-state index contributed by atoms with van der Waals surface area (Å²) in [7, 11) is 0. The molecule has 3 nitrogen and oxygen atoms in total. The summed E-state index contributed by atoms with van der Waals surface area (Å²) in [5, 5.41) is 0. The molecule has 1 aromatic rings. The third-order valence-corrected chi connectivity index (χ3v) is 5.61. The highest BCUT2D eigenvalue weighted by atomic mass is 16.2. The summed E-state index contributed by atoms with van der Waals surface area (Å²) in [4.78, 5) is 14.8. The van der Waals surface area contributed by atoms with E-state index in [1.54, 1.807) is 0 Å². The molecule has 1 unspecified atom stereocenters. The fourth-order valence-electron chi connectivity index (χ4n) is 4.35. The number of benzene rings is 1. The number of rotatable bonds is 5. The van der Waals surface area contributed by atoms with Gasteiger partial charge in [-0.25, -0.2) is 0 Å². The lowest BCUT2D eigenvalue weighted by Gasteiger charge is -2.31. The van der Waals surface area contributed by atoms with Gasteiger partial charge in [0.25, 0.3) is 0 Å². The molecule has 1 aliphatic carbocycles. The molecule has 0 saturated heterocycles. The van der Waals surface area contributed by atoms with Crippen LogP contribution in [0.15, 0.2) is 18.2 Å². The van der Waals surface area contributed by atoms with E-state index in [1.807, 2.05) is 11.8 Å². The summed E-state index contributed by atoms with van der Waals surface area (Å²) in [6.07, 6.45) is 11.6. The van der Waals surface area contributed by atoms with Crippen molar-refractivity contribution in [2.75, 3.05) is 11.4 Å². The average Bonchev–Trinajstić information content (AvgIpc) is 2.59. The van der Waals surface area contributed by atoms with E-state index in [-0.39, 0.29) is 6.04 Å². The van der Waals surface area contributed by atoms with Crippen LogP contribution in [0.5, 0.6) is 0 Å². The highest BCUT2D eigenvalue weighted by Gasteiger charge is 2.24. The Morgan fingerprint density at radius 3 is 2.79 bits per heavy atom. The standard InChI is InChI=1S/C21H32N2O/c1-16(22)14-18-9-11-20-19(15-18)8-5-13-23(20)21(24)12-10-17-6-3-2-4-7-17/h9,11,15-17H,2-8,10,12-14,22H2,1H3. The molecule has 1 fully saturated rings. The van der Waals surface area contributed by atoms with Crippen molar-refractivity contribution in [3.63, 3.8) is 0 Å². The van der Waals surface area contributed by atoms with Crippen LogP contribution in [0.3, 0.4) is 0 Å². The normalized spacial score (nSPS) is 19.8. The summed E-state index contributed by atoms with van der Waals surface area (Å²) in [5.74, 6) is 1.10. The third kappa shape index (κ3) is 4.38. The third-order valence-electron chi connectivity index (χ3n) is 5.61. The number of carbonyl (C=O) groups is 1. The molecule has 132 valence electrons. The number of carbonyl (C=O) groups excluding carboxylic acids is 1. The van der Waals surface area contributed by atoms with Gasteiger partial charge in [-0.15, -0.1) is 0 Å². The first kappa shape index (κ1) is 17.5. The van der Waals surface area contributed by atoms with Crippen LogP contribution < -0.4 is 10.6 Å². The Hall–Kier alpha value is -1.35. The smallest absolute Gasteiger partial charge is 0.226 e. The molecule has 2 aliphatic rings. The molecule has 1 saturated carbocycles. The number of hydrogen-bond acceptors (Lipinski definition) is 2. The van der Waals surface area contributed by atoms with Gasteiger partial charge in [0, 0.05) is 24.7 Å². The maximum Gasteiger partial charge on any atom is 0.226 e. The van der Waals surface area contributed by atoms with Crippen LogP contribution in [-0.4, -0.2) is 18.5 Å². The summed E-state index contributed by atoms with van der Waals surface area (Å²) in [6, 6.07) is 6.73. The Morgan fingerprint density at radius 1 is 1.25 bits per heavy atom. The van der Waals surface area contributed by atoms with Crippen LogP contribution in [0.2, 0.25) is 0 Å². The fourth-order valence-corrected chi connectivity index (χ4v) is 4.35. The monoisotopic (exact) mass is 328 g/mol. The quantitative estimate of drug-likeness (QED) is 0.880. The summed E-state index contributed by atoms with van der Waals surface area (Å²) in [6.45, 7) is 2.92. The van der Waals surface area contributed by atoms with E-state index < -0.39 is 0 Å². The summed E-state index contributed by atoms with van der Waals surface area (Å²) in [5.41, 5.74) is 9.68. The van der Waals surface area contributed by atoms with E-state index in [4.69, 9.17) is 5.73 Å². The van der Waals surface area contributed by atoms with Gasteiger partial charge in [0.1, 0.15) is 0 Å². The summed E-state index contributed by atoms with van der Waals surface area (Å²) >= 11 is 0. The van der Waals surface area contributed by atoms with Gasteiger partial charge in [0.2, 0.25) is 5.91 Å². The molecule has 0 radical (unpaired) electrons. The fraction of sp³-hybridized carbons (Fsp3) is 0.667. The van der Waals surface area contributed by atoms with Crippen molar-refractivity contribution in [2.24, 2.45) is 11.7 Å². The van der Waals surface area contributed by atoms with Gasteiger partial charge >= 0.3 is 0 Å². The van der Waals surface area contributed by atoms with E-state index in [1.165, 1.54) is 43.2 Å². The van der Waals surface area contributed by atoms with Crippen molar-refractivity contribution in [1.29, 1.82) is 0 Å². The van der Waals surface area contributed by atoms with Crippen molar-refractivity contribution in [3.05, 3.63) is 29.3 Å². The van der Waals surface area contributed by atoms with E-state index >= 15 is 0 Å². The number of anilines is 1. The molecule has 0 bridgehead atoms. The SMILES string of the molecule is CC(N)Cc1ccc2c(c1)CCCN2C(=O)CCC1CCCCC1. The van der Waals surface area contributed by atoms with Crippen LogP contribution in [0, 0.1) is 5.92 Å². The van der Waals surface area contributed by atoms with Gasteiger partial charge in [0.05, 0.1) is 0 Å². The van der Waals surface area contributed by atoms with Crippen molar-refractivity contribution >= 4 is 11.6 Å². The lowest BCUT2D eigenvalue weighted by atomic mass is 9.86. The molecule has 3 heteroatoms. The summed E-state index contributed by atoms with van der Waals surface area (Å²) < 4.78 is 0. The number of nitrogens with zero attached hydrogens (tertiary/aromatic N) is 1. The first-order chi connectivity index (χ1) is 11.6. The maximum atomic E-state index is 12.8. The van der Waals surface area contributed by atoms with Crippen LogP contribution in [0.25, 0.3) is 0 Å². The zero-order valence-electron chi connectivity index (χ0n) is 15.1. The van der Waals surface area contributed by atoms with Crippen molar-refractivity contribution < 1.29 is 4.79 Å². The molecular formula is C21H32N2O. The molecule has 1 aromatic carbocycles. The highest BCUT2D eigenvalue weighted by molar-refractivity contribution is 5.94. The molecule has 1 atom stereocenters. The predicted molar refractivity (Wildman–Crippen MR) is 100 cm³/mol. The van der Waals surface area contributed by atoms with Gasteiger partial charge in [-0.1, -0.05) is 44.2 Å². The number of hydrogen-bond donors (Lipinski definition) is 1. The van der Waals surface area contributed by atoms with Gasteiger partial charge in [-0.3, -0.25) is 4.79 Å². The minimum atomic E-state index is 0.180. The first-order valence-electron chi connectivity index (χ1n) is 9.81. The Bertz CT molecular complexity index is 561. The number of nitrogens with two attached hydrogens (primary N) is 1. The molecule has 1 heterocycles. The lowest BCUT2D eigenvalue weighted by molar-refractivity contribution is -0.119. The van der Waals surface area contributed by atoms with Gasteiger partial charge in [0.15, 0.2) is 0 Å². The number of fused-ring (bicyclic) bond motifs is 1. The van der Waals surface area contributed by atoms with Crippen molar-refractivity contribution in [3.8, 4) is 0 Å². The van der Waals surface area contributed by atoms with Crippen molar-refractivity contribution in [2.45, 2.75) is 77.2 Å². The molecule has 2 N–H and O–H groups in total. The zero-order chi connectivity index (χ0) is 16.9. The van der Waals surface area contributed by atoms with Crippen LogP contribution >= 0.6 is 0 Å². The van der Waals surface area contributed by atoms with Gasteiger partial charge in [-0.05, 0) is 55.7 Å². The molecule has 0 aromatic heterocycles. The lowest BCUT2D eigenvalue weighted by Crippen LogP contribution is -2.35.